The quantitative estimate of drug-likeness (QED) is 0.809. The van der Waals surface area contributed by atoms with Crippen molar-refractivity contribution in [3.63, 3.8) is 0 Å². The average molecular weight is 277 g/mol. The number of rotatable bonds is 5. The number of esters is 1. The van der Waals surface area contributed by atoms with E-state index >= 15 is 0 Å². The zero-order valence-corrected chi connectivity index (χ0v) is 12.0. The van der Waals surface area contributed by atoms with Gasteiger partial charge in [0.1, 0.15) is 0 Å². The van der Waals surface area contributed by atoms with E-state index < -0.39 is 0 Å². The number of benzene rings is 1. The van der Waals surface area contributed by atoms with E-state index in [1.807, 2.05) is 18.2 Å². The van der Waals surface area contributed by atoms with E-state index in [1.54, 1.807) is 6.07 Å². The van der Waals surface area contributed by atoms with Crippen LogP contribution in [0.4, 0.5) is 0 Å². The maximum atomic E-state index is 11.7. The third kappa shape index (κ3) is 3.58. The Kier molecular flexibility index (Phi) is 5.56. The van der Waals surface area contributed by atoms with Crippen molar-refractivity contribution in [2.24, 2.45) is 5.92 Å². The van der Waals surface area contributed by atoms with Gasteiger partial charge in [-0.3, -0.25) is 0 Å². The van der Waals surface area contributed by atoms with Crippen LogP contribution in [-0.2, 0) is 11.3 Å². The standard InChI is InChI=1S/C16H23NO3/c1-20-16(19)14-8-4-2-6-12(14)10-17-15-9-5-3-7-13(15)11-18/h2,4,6,8,13,15,17-18H,3,5,7,9-11H2,1H3. The van der Waals surface area contributed by atoms with Gasteiger partial charge < -0.3 is 15.2 Å². The molecule has 110 valence electrons. The van der Waals surface area contributed by atoms with Gasteiger partial charge >= 0.3 is 5.97 Å². The lowest BCUT2D eigenvalue weighted by molar-refractivity contribution is 0.0599. The van der Waals surface area contributed by atoms with Gasteiger partial charge in [-0.1, -0.05) is 31.0 Å². The smallest absolute Gasteiger partial charge is 0.338 e. The van der Waals surface area contributed by atoms with Gasteiger partial charge in [-0.25, -0.2) is 4.79 Å². The molecule has 1 aromatic carbocycles. The molecule has 0 spiro atoms. The van der Waals surface area contributed by atoms with Crippen molar-refractivity contribution < 1.29 is 14.6 Å². The summed E-state index contributed by atoms with van der Waals surface area (Å²) in [7, 11) is 1.40. The number of nitrogens with one attached hydrogen (secondary N) is 1. The van der Waals surface area contributed by atoms with Gasteiger partial charge in [0.25, 0.3) is 0 Å². The highest BCUT2D eigenvalue weighted by molar-refractivity contribution is 5.90. The van der Waals surface area contributed by atoms with Crippen LogP contribution in [0.15, 0.2) is 24.3 Å². The molecule has 2 rings (SSSR count). The summed E-state index contributed by atoms with van der Waals surface area (Å²) < 4.78 is 4.80. The first-order chi connectivity index (χ1) is 9.76. The molecule has 1 fully saturated rings. The van der Waals surface area contributed by atoms with Crippen LogP contribution in [0.2, 0.25) is 0 Å². The Morgan fingerprint density at radius 2 is 2.10 bits per heavy atom. The maximum Gasteiger partial charge on any atom is 0.338 e. The SMILES string of the molecule is COC(=O)c1ccccc1CNC1CCCCC1CO. The van der Waals surface area contributed by atoms with Crippen LogP contribution in [-0.4, -0.2) is 30.8 Å². The van der Waals surface area contributed by atoms with Crippen LogP contribution in [0.1, 0.15) is 41.6 Å². The monoisotopic (exact) mass is 277 g/mol. The van der Waals surface area contributed by atoms with Crippen molar-refractivity contribution in [1.82, 2.24) is 5.32 Å². The Bertz CT molecular complexity index is 447. The summed E-state index contributed by atoms with van der Waals surface area (Å²) in [6.07, 6.45) is 4.56. The first kappa shape index (κ1) is 15.0. The molecular formula is C16H23NO3. The van der Waals surface area contributed by atoms with Crippen molar-refractivity contribution in [2.45, 2.75) is 38.3 Å². The van der Waals surface area contributed by atoms with E-state index in [0.29, 0.717) is 24.1 Å². The lowest BCUT2D eigenvalue weighted by atomic mass is 9.85. The first-order valence-electron chi connectivity index (χ1n) is 7.26. The average Bonchev–Trinajstić information content (AvgIpc) is 2.52. The van der Waals surface area contributed by atoms with Gasteiger partial charge in [0, 0.05) is 19.2 Å². The Morgan fingerprint density at radius 3 is 2.85 bits per heavy atom. The molecule has 0 aromatic heterocycles. The first-order valence-corrected chi connectivity index (χ1v) is 7.26. The van der Waals surface area contributed by atoms with Crippen molar-refractivity contribution >= 4 is 5.97 Å². The van der Waals surface area contributed by atoms with Crippen LogP contribution in [0.5, 0.6) is 0 Å². The fourth-order valence-electron chi connectivity index (χ4n) is 2.92. The van der Waals surface area contributed by atoms with E-state index in [0.717, 1.165) is 18.4 Å². The van der Waals surface area contributed by atoms with Crippen molar-refractivity contribution in [2.75, 3.05) is 13.7 Å². The summed E-state index contributed by atoms with van der Waals surface area (Å²) in [5.41, 5.74) is 1.56. The Hall–Kier alpha value is -1.39. The van der Waals surface area contributed by atoms with Gasteiger partial charge in [0.15, 0.2) is 0 Å². The van der Waals surface area contributed by atoms with Crippen LogP contribution in [0.25, 0.3) is 0 Å². The molecule has 0 heterocycles. The second-order valence-electron chi connectivity index (χ2n) is 5.36. The van der Waals surface area contributed by atoms with Crippen molar-refractivity contribution in [3.05, 3.63) is 35.4 Å². The Labute approximate surface area is 120 Å². The summed E-state index contributed by atoms with van der Waals surface area (Å²) >= 11 is 0. The van der Waals surface area contributed by atoms with Gasteiger partial charge in [0.05, 0.1) is 12.7 Å². The lowest BCUT2D eigenvalue weighted by Crippen LogP contribution is -2.40. The second-order valence-corrected chi connectivity index (χ2v) is 5.36. The minimum atomic E-state index is -0.301. The van der Waals surface area contributed by atoms with E-state index in [1.165, 1.54) is 20.0 Å². The molecular weight excluding hydrogens is 254 g/mol. The Balaban J connectivity index is 2.01. The maximum absolute atomic E-state index is 11.7. The summed E-state index contributed by atoms with van der Waals surface area (Å²) in [5, 5.41) is 12.9. The number of hydrogen-bond donors (Lipinski definition) is 2. The predicted molar refractivity (Wildman–Crippen MR) is 77.5 cm³/mol. The third-order valence-electron chi connectivity index (χ3n) is 4.12. The van der Waals surface area contributed by atoms with Gasteiger partial charge in [-0.05, 0) is 30.4 Å². The number of carbonyl (C=O) groups is 1. The lowest BCUT2D eigenvalue weighted by Gasteiger charge is -2.31. The molecule has 1 aromatic rings. The van der Waals surface area contributed by atoms with Gasteiger partial charge in [-0.15, -0.1) is 0 Å². The van der Waals surface area contributed by atoms with Crippen LogP contribution in [0, 0.1) is 5.92 Å². The molecule has 2 N–H and O–H groups in total. The molecule has 0 saturated heterocycles. The van der Waals surface area contributed by atoms with Crippen LogP contribution in [0.3, 0.4) is 0 Å². The molecule has 4 nitrogen and oxygen atoms in total. The summed E-state index contributed by atoms with van der Waals surface area (Å²) in [4.78, 5) is 11.7. The molecule has 0 amide bonds. The van der Waals surface area contributed by atoms with Crippen molar-refractivity contribution in [1.29, 1.82) is 0 Å². The molecule has 2 unspecified atom stereocenters. The van der Waals surface area contributed by atoms with Crippen LogP contribution < -0.4 is 5.32 Å². The molecule has 0 radical (unpaired) electrons. The highest BCUT2D eigenvalue weighted by Crippen LogP contribution is 2.24. The van der Waals surface area contributed by atoms with E-state index in [4.69, 9.17) is 4.74 Å². The zero-order valence-electron chi connectivity index (χ0n) is 12.0. The number of aliphatic hydroxyl groups excluding tert-OH is 1. The summed E-state index contributed by atoms with van der Waals surface area (Å²) in [5.74, 6) is 0.0267. The fourth-order valence-corrected chi connectivity index (χ4v) is 2.92. The molecule has 1 saturated carbocycles. The number of carbonyl (C=O) groups excluding carboxylic acids is 1. The topological polar surface area (TPSA) is 58.6 Å². The molecule has 4 heteroatoms. The Morgan fingerprint density at radius 1 is 1.35 bits per heavy atom. The fraction of sp³-hybridized carbons (Fsp3) is 0.562. The van der Waals surface area contributed by atoms with Crippen LogP contribution >= 0.6 is 0 Å². The van der Waals surface area contributed by atoms with E-state index in [-0.39, 0.29) is 12.6 Å². The minimum Gasteiger partial charge on any atom is -0.465 e. The number of aliphatic hydroxyl groups is 1. The highest BCUT2D eigenvalue weighted by Gasteiger charge is 2.24. The van der Waals surface area contributed by atoms with E-state index in [2.05, 4.69) is 5.32 Å². The number of ether oxygens (including phenoxy) is 1. The molecule has 2 atom stereocenters. The largest absolute Gasteiger partial charge is 0.465 e. The zero-order chi connectivity index (χ0) is 14.4. The highest BCUT2D eigenvalue weighted by atomic mass is 16.5. The van der Waals surface area contributed by atoms with Gasteiger partial charge in [-0.2, -0.15) is 0 Å². The van der Waals surface area contributed by atoms with Crippen molar-refractivity contribution in [3.8, 4) is 0 Å². The molecule has 20 heavy (non-hydrogen) atoms. The minimum absolute atomic E-state index is 0.232. The second kappa shape index (κ2) is 7.41. The normalized spacial score (nSPS) is 22.5. The number of methoxy groups -OCH3 is 1. The summed E-state index contributed by atoms with van der Waals surface area (Å²) in [6.45, 7) is 0.864. The molecule has 1 aliphatic carbocycles. The predicted octanol–water partition coefficient (Wildman–Crippen LogP) is 2.11. The molecule has 0 aliphatic heterocycles. The molecule has 0 bridgehead atoms. The van der Waals surface area contributed by atoms with Gasteiger partial charge in [0.2, 0.25) is 0 Å². The van der Waals surface area contributed by atoms with E-state index in [9.17, 15) is 9.90 Å². The third-order valence-corrected chi connectivity index (χ3v) is 4.12. The number of hydrogen-bond acceptors (Lipinski definition) is 4. The molecule has 1 aliphatic rings. The summed E-state index contributed by atoms with van der Waals surface area (Å²) in [6, 6.07) is 7.82.